The van der Waals surface area contributed by atoms with Crippen molar-refractivity contribution in [3.63, 3.8) is 0 Å². The van der Waals surface area contributed by atoms with Gasteiger partial charge in [-0.1, -0.05) is 0 Å². The lowest BCUT2D eigenvalue weighted by Crippen LogP contribution is -2.30. The average Bonchev–Trinajstić information content (AvgIpc) is 2.82. The zero-order valence-electron chi connectivity index (χ0n) is 9.79. The molecule has 1 aromatic carbocycles. The number of rotatable bonds is 1. The predicted molar refractivity (Wildman–Crippen MR) is 69.5 cm³/mol. The van der Waals surface area contributed by atoms with Gasteiger partial charge in [-0.2, -0.15) is 0 Å². The van der Waals surface area contributed by atoms with Crippen LogP contribution in [0.15, 0.2) is 18.2 Å². The molecule has 2 aliphatic rings. The van der Waals surface area contributed by atoms with Gasteiger partial charge in [-0.3, -0.25) is 0 Å². The summed E-state index contributed by atoms with van der Waals surface area (Å²) in [6.07, 6.45) is 2.67. The largest absolute Gasteiger partial charge is 0.381 e. The number of nitrogens with zero attached hydrogens (tertiary/aromatic N) is 1. The van der Waals surface area contributed by atoms with Crippen LogP contribution in [0.25, 0.3) is 0 Å². The zero-order chi connectivity index (χ0) is 11.0. The van der Waals surface area contributed by atoms with Gasteiger partial charge in [-0.15, -0.1) is 0 Å². The quantitative estimate of drug-likeness (QED) is 0.757. The van der Waals surface area contributed by atoms with Crippen molar-refractivity contribution in [1.82, 2.24) is 0 Å². The summed E-state index contributed by atoms with van der Waals surface area (Å²) in [5.41, 5.74) is 3.85. The first-order valence-corrected chi connectivity index (χ1v) is 6.22. The van der Waals surface area contributed by atoms with Crippen molar-refractivity contribution in [3.8, 4) is 0 Å². The summed E-state index contributed by atoms with van der Waals surface area (Å²) < 4.78 is 0. The molecule has 0 radical (unpaired) electrons. The molecule has 0 unspecified atom stereocenters. The van der Waals surface area contributed by atoms with Crippen molar-refractivity contribution in [2.24, 2.45) is 0 Å². The van der Waals surface area contributed by atoms with Crippen LogP contribution in [0, 0.1) is 0 Å². The summed E-state index contributed by atoms with van der Waals surface area (Å²) in [6.45, 7) is 5.63. The molecule has 1 fully saturated rings. The van der Waals surface area contributed by atoms with Gasteiger partial charge in [-0.05, 0) is 38.0 Å². The summed E-state index contributed by atoms with van der Waals surface area (Å²) in [6, 6.07) is 7.23. The first-order valence-electron chi connectivity index (χ1n) is 6.22. The normalized spacial score (nSPS) is 23.6. The lowest BCUT2D eigenvalue weighted by Gasteiger charge is -2.27. The van der Waals surface area contributed by atoms with Crippen LogP contribution in [0.2, 0.25) is 0 Å². The fourth-order valence-electron chi connectivity index (χ4n) is 2.56. The van der Waals surface area contributed by atoms with Gasteiger partial charge in [0.05, 0.1) is 11.4 Å². The summed E-state index contributed by atoms with van der Waals surface area (Å²) in [4.78, 5) is 2.47. The maximum absolute atomic E-state index is 3.50. The molecular formula is C13H19N3. The first-order chi connectivity index (χ1) is 7.83. The van der Waals surface area contributed by atoms with Crippen LogP contribution in [0.3, 0.4) is 0 Å². The van der Waals surface area contributed by atoms with E-state index in [1.165, 1.54) is 43.0 Å². The molecular weight excluding hydrogens is 198 g/mol. The van der Waals surface area contributed by atoms with Gasteiger partial charge in [0.1, 0.15) is 0 Å². The van der Waals surface area contributed by atoms with Crippen LogP contribution in [0.5, 0.6) is 0 Å². The van der Waals surface area contributed by atoms with Gasteiger partial charge in [0.2, 0.25) is 0 Å². The molecule has 1 aromatic rings. The number of anilines is 3. The smallest absolute Gasteiger partial charge is 0.0597 e. The molecule has 0 aromatic heterocycles. The van der Waals surface area contributed by atoms with E-state index in [4.69, 9.17) is 0 Å². The van der Waals surface area contributed by atoms with Gasteiger partial charge in [-0.25, -0.2) is 0 Å². The van der Waals surface area contributed by atoms with E-state index in [2.05, 4.69) is 40.7 Å². The van der Waals surface area contributed by atoms with Gasteiger partial charge < -0.3 is 15.5 Å². The zero-order valence-corrected chi connectivity index (χ0v) is 9.79. The Balaban J connectivity index is 1.87. The molecule has 0 amide bonds. The van der Waals surface area contributed by atoms with E-state index in [1.807, 2.05) is 0 Å². The van der Waals surface area contributed by atoms with Crippen molar-refractivity contribution >= 4 is 17.1 Å². The van der Waals surface area contributed by atoms with Gasteiger partial charge in [0.25, 0.3) is 0 Å². The number of benzene rings is 1. The van der Waals surface area contributed by atoms with Crippen LogP contribution in [-0.2, 0) is 0 Å². The molecule has 2 N–H and O–H groups in total. The molecule has 1 atom stereocenters. The highest BCUT2D eigenvalue weighted by Gasteiger charge is 2.17. The third-order valence-corrected chi connectivity index (χ3v) is 3.47. The van der Waals surface area contributed by atoms with E-state index in [1.54, 1.807) is 0 Å². The SMILES string of the molecule is C[C@H]1CNc2cc(N3CCCC3)ccc2N1. The number of hydrogen-bond donors (Lipinski definition) is 2. The monoisotopic (exact) mass is 217 g/mol. The van der Waals surface area contributed by atoms with Gasteiger partial charge in [0.15, 0.2) is 0 Å². The first kappa shape index (κ1) is 9.82. The summed E-state index contributed by atoms with van der Waals surface area (Å²) >= 11 is 0. The fraction of sp³-hybridized carbons (Fsp3) is 0.538. The molecule has 3 rings (SSSR count). The van der Waals surface area contributed by atoms with Crippen molar-refractivity contribution in [3.05, 3.63) is 18.2 Å². The van der Waals surface area contributed by atoms with Crippen LogP contribution in [0.4, 0.5) is 17.1 Å². The lowest BCUT2D eigenvalue weighted by atomic mass is 10.1. The Labute approximate surface area is 96.8 Å². The van der Waals surface area contributed by atoms with E-state index in [-0.39, 0.29) is 0 Å². The molecule has 86 valence electrons. The minimum atomic E-state index is 0.519. The Bertz CT molecular complexity index is 383. The summed E-state index contributed by atoms with van der Waals surface area (Å²) in [7, 11) is 0. The number of fused-ring (bicyclic) bond motifs is 1. The molecule has 0 bridgehead atoms. The van der Waals surface area contributed by atoms with E-state index in [0.717, 1.165) is 6.54 Å². The van der Waals surface area contributed by atoms with Crippen molar-refractivity contribution < 1.29 is 0 Å². The molecule has 0 saturated carbocycles. The standard InChI is InChI=1S/C13H19N3/c1-10-9-14-13-8-11(4-5-12(13)15-10)16-6-2-3-7-16/h4-5,8,10,14-15H,2-3,6-7,9H2,1H3/t10-/m0/s1. The van der Waals surface area contributed by atoms with Crippen LogP contribution in [-0.4, -0.2) is 25.7 Å². The Morgan fingerprint density at radius 2 is 2.00 bits per heavy atom. The maximum Gasteiger partial charge on any atom is 0.0597 e. The second-order valence-electron chi connectivity index (χ2n) is 4.85. The summed E-state index contributed by atoms with van der Waals surface area (Å²) in [5.74, 6) is 0. The molecule has 3 nitrogen and oxygen atoms in total. The molecule has 3 heteroatoms. The van der Waals surface area contributed by atoms with Crippen molar-refractivity contribution in [1.29, 1.82) is 0 Å². The average molecular weight is 217 g/mol. The van der Waals surface area contributed by atoms with Crippen molar-refractivity contribution in [2.45, 2.75) is 25.8 Å². The lowest BCUT2D eigenvalue weighted by molar-refractivity contribution is 0.817. The Kier molecular flexibility index (Phi) is 2.39. The molecule has 0 aliphatic carbocycles. The second kappa shape index (κ2) is 3.89. The highest BCUT2D eigenvalue weighted by Crippen LogP contribution is 2.31. The van der Waals surface area contributed by atoms with E-state index in [9.17, 15) is 0 Å². The molecule has 0 spiro atoms. The molecule has 16 heavy (non-hydrogen) atoms. The minimum Gasteiger partial charge on any atom is -0.381 e. The molecule has 1 saturated heterocycles. The highest BCUT2D eigenvalue weighted by atomic mass is 15.1. The van der Waals surface area contributed by atoms with E-state index in [0.29, 0.717) is 6.04 Å². The Hall–Kier alpha value is -1.38. The molecule has 2 aliphatic heterocycles. The Morgan fingerprint density at radius 1 is 1.19 bits per heavy atom. The fourth-order valence-corrected chi connectivity index (χ4v) is 2.56. The summed E-state index contributed by atoms with van der Waals surface area (Å²) in [5, 5.41) is 6.98. The predicted octanol–water partition coefficient (Wildman–Crippen LogP) is 2.51. The topological polar surface area (TPSA) is 27.3 Å². The van der Waals surface area contributed by atoms with Crippen LogP contribution < -0.4 is 15.5 Å². The maximum atomic E-state index is 3.50. The molecule has 2 heterocycles. The van der Waals surface area contributed by atoms with Crippen LogP contribution >= 0.6 is 0 Å². The van der Waals surface area contributed by atoms with E-state index < -0.39 is 0 Å². The van der Waals surface area contributed by atoms with Crippen LogP contribution in [0.1, 0.15) is 19.8 Å². The highest BCUT2D eigenvalue weighted by molar-refractivity contribution is 5.76. The van der Waals surface area contributed by atoms with Gasteiger partial charge in [0, 0.05) is 31.4 Å². The third-order valence-electron chi connectivity index (χ3n) is 3.47. The number of nitrogens with one attached hydrogen (secondary N) is 2. The third kappa shape index (κ3) is 1.70. The van der Waals surface area contributed by atoms with Gasteiger partial charge >= 0.3 is 0 Å². The van der Waals surface area contributed by atoms with E-state index >= 15 is 0 Å². The minimum absolute atomic E-state index is 0.519. The number of hydrogen-bond acceptors (Lipinski definition) is 3. The second-order valence-corrected chi connectivity index (χ2v) is 4.85. The van der Waals surface area contributed by atoms with Crippen molar-refractivity contribution in [2.75, 3.05) is 35.2 Å². The Morgan fingerprint density at radius 3 is 2.81 bits per heavy atom.